The highest BCUT2D eigenvalue weighted by atomic mass is 32.1. The number of carbonyl (C=O) groups excluding carboxylic acids is 1. The molecule has 1 fully saturated rings. The molecule has 0 aliphatic carbocycles. The van der Waals surface area contributed by atoms with Gasteiger partial charge in [0.1, 0.15) is 0 Å². The van der Waals surface area contributed by atoms with Gasteiger partial charge < -0.3 is 10.6 Å². The van der Waals surface area contributed by atoms with Crippen LogP contribution in [0.4, 0.5) is 0 Å². The summed E-state index contributed by atoms with van der Waals surface area (Å²) >= 11 is 1.80. The number of nitrogens with one attached hydrogen (secondary N) is 2. The van der Waals surface area contributed by atoms with E-state index in [9.17, 15) is 4.79 Å². The van der Waals surface area contributed by atoms with Gasteiger partial charge in [-0.15, -0.1) is 11.3 Å². The summed E-state index contributed by atoms with van der Waals surface area (Å²) in [6.45, 7) is 1.89. The molecule has 1 aliphatic heterocycles. The summed E-state index contributed by atoms with van der Waals surface area (Å²) in [6, 6.07) is 4.58. The zero-order chi connectivity index (χ0) is 10.5. The molecule has 1 unspecified atom stereocenters. The highest BCUT2D eigenvalue weighted by molar-refractivity contribution is 7.09. The summed E-state index contributed by atoms with van der Waals surface area (Å²) in [7, 11) is 0. The normalized spacial score (nSPS) is 20.5. The number of rotatable bonds is 5. The maximum Gasteiger partial charge on any atom is 0.220 e. The van der Waals surface area contributed by atoms with Gasteiger partial charge in [0.05, 0.1) is 0 Å². The first kappa shape index (κ1) is 10.6. The highest BCUT2D eigenvalue weighted by Crippen LogP contribution is 2.08. The molecule has 15 heavy (non-hydrogen) atoms. The van der Waals surface area contributed by atoms with E-state index >= 15 is 0 Å². The van der Waals surface area contributed by atoms with E-state index in [-0.39, 0.29) is 5.91 Å². The fourth-order valence-corrected chi connectivity index (χ4v) is 2.48. The van der Waals surface area contributed by atoms with Crippen LogP contribution in [0.25, 0.3) is 0 Å². The molecule has 4 heteroatoms. The molecular formula is C11H16N2OS. The van der Waals surface area contributed by atoms with Gasteiger partial charge in [0.15, 0.2) is 0 Å². The largest absolute Gasteiger partial charge is 0.352 e. The Bertz CT molecular complexity index is 310. The van der Waals surface area contributed by atoms with Crippen molar-refractivity contribution in [2.45, 2.75) is 25.3 Å². The Morgan fingerprint density at radius 2 is 2.53 bits per heavy atom. The number of carbonyl (C=O) groups is 1. The Kier molecular flexibility index (Phi) is 3.75. The summed E-state index contributed by atoms with van der Waals surface area (Å²) in [5.41, 5.74) is 0. The molecule has 0 spiro atoms. The summed E-state index contributed by atoms with van der Waals surface area (Å²) in [6.07, 6.45) is 2.75. The first-order valence-electron chi connectivity index (χ1n) is 5.37. The van der Waals surface area contributed by atoms with Crippen molar-refractivity contribution in [1.82, 2.24) is 10.6 Å². The summed E-state index contributed by atoms with van der Waals surface area (Å²) in [4.78, 5) is 12.4. The van der Waals surface area contributed by atoms with E-state index in [0.29, 0.717) is 12.5 Å². The van der Waals surface area contributed by atoms with E-state index in [1.807, 2.05) is 0 Å². The number of amides is 1. The van der Waals surface area contributed by atoms with Crippen molar-refractivity contribution in [2.24, 2.45) is 0 Å². The first-order chi connectivity index (χ1) is 7.34. The molecule has 0 bridgehead atoms. The van der Waals surface area contributed by atoms with Crippen LogP contribution < -0.4 is 10.6 Å². The maximum absolute atomic E-state index is 10.9. The van der Waals surface area contributed by atoms with Crippen LogP contribution in [0.2, 0.25) is 0 Å². The minimum absolute atomic E-state index is 0.194. The van der Waals surface area contributed by atoms with Gasteiger partial charge in [-0.25, -0.2) is 0 Å². The Morgan fingerprint density at radius 3 is 3.20 bits per heavy atom. The molecule has 1 amide bonds. The van der Waals surface area contributed by atoms with Crippen LogP contribution in [0, 0.1) is 0 Å². The molecule has 2 heterocycles. The lowest BCUT2D eigenvalue weighted by atomic mass is 10.2. The molecule has 3 nitrogen and oxygen atoms in total. The molecule has 1 saturated heterocycles. The van der Waals surface area contributed by atoms with Gasteiger partial charge in [-0.2, -0.15) is 0 Å². The average Bonchev–Trinajstić information content (AvgIpc) is 2.84. The van der Waals surface area contributed by atoms with Crippen molar-refractivity contribution < 1.29 is 4.79 Å². The van der Waals surface area contributed by atoms with Crippen LogP contribution in [0.15, 0.2) is 17.5 Å². The van der Waals surface area contributed by atoms with E-state index in [1.165, 1.54) is 4.88 Å². The molecule has 1 aromatic rings. The van der Waals surface area contributed by atoms with Crippen LogP contribution in [-0.2, 0) is 11.2 Å². The standard InChI is InChI=1S/C11H16N2OS/c14-11-4-3-9(13-11)8-12-6-5-10-2-1-7-15-10/h1-2,7,9,12H,3-6,8H2,(H,13,14). The molecule has 0 aromatic carbocycles. The quantitative estimate of drug-likeness (QED) is 0.737. The van der Waals surface area contributed by atoms with Crippen molar-refractivity contribution in [1.29, 1.82) is 0 Å². The Hall–Kier alpha value is -0.870. The minimum atomic E-state index is 0.194. The predicted molar refractivity (Wildman–Crippen MR) is 62.1 cm³/mol. The molecule has 0 radical (unpaired) electrons. The zero-order valence-corrected chi connectivity index (χ0v) is 9.48. The molecule has 1 atom stereocenters. The monoisotopic (exact) mass is 224 g/mol. The fraction of sp³-hybridized carbons (Fsp3) is 0.545. The third-order valence-electron chi connectivity index (χ3n) is 2.60. The third kappa shape index (κ3) is 3.32. The Balaban J connectivity index is 1.57. The van der Waals surface area contributed by atoms with Crippen molar-refractivity contribution in [2.75, 3.05) is 13.1 Å². The zero-order valence-electron chi connectivity index (χ0n) is 8.66. The fourth-order valence-electron chi connectivity index (χ4n) is 1.77. The number of thiophene rings is 1. The van der Waals surface area contributed by atoms with Gasteiger partial charge in [0, 0.05) is 30.4 Å². The highest BCUT2D eigenvalue weighted by Gasteiger charge is 2.19. The average molecular weight is 224 g/mol. The van der Waals surface area contributed by atoms with Crippen molar-refractivity contribution in [3.63, 3.8) is 0 Å². The summed E-state index contributed by atoms with van der Waals surface area (Å²) in [5.74, 6) is 0.194. The van der Waals surface area contributed by atoms with E-state index in [1.54, 1.807) is 11.3 Å². The lowest BCUT2D eigenvalue weighted by Gasteiger charge is -2.10. The van der Waals surface area contributed by atoms with E-state index in [0.717, 1.165) is 25.9 Å². The molecule has 2 rings (SSSR count). The summed E-state index contributed by atoms with van der Waals surface area (Å²) in [5, 5.41) is 8.43. The van der Waals surface area contributed by atoms with E-state index in [4.69, 9.17) is 0 Å². The summed E-state index contributed by atoms with van der Waals surface area (Å²) < 4.78 is 0. The van der Waals surface area contributed by atoms with Crippen LogP contribution in [0.5, 0.6) is 0 Å². The van der Waals surface area contributed by atoms with Crippen LogP contribution >= 0.6 is 11.3 Å². The smallest absolute Gasteiger partial charge is 0.220 e. The van der Waals surface area contributed by atoms with Crippen molar-refractivity contribution in [3.05, 3.63) is 22.4 Å². The van der Waals surface area contributed by atoms with Crippen molar-refractivity contribution >= 4 is 17.2 Å². The van der Waals surface area contributed by atoms with Crippen molar-refractivity contribution in [3.8, 4) is 0 Å². The lowest BCUT2D eigenvalue weighted by molar-refractivity contribution is -0.119. The number of hydrogen-bond donors (Lipinski definition) is 2. The SMILES string of the molecule is O=C1CCC(CNCCc2cccs2)N1. The van der Waals surface area contributed by atoms with E-state index in [2.05, 4.69) is 28.1 Å². The molecule has 1 aliphatic rings. The predicted octanol–water partition coefficient (Wildman–Crippen LogP) is 1.16. The molecule has 1 aromatic heterocycles. The van der Waals surface area contributed by atoms with Crippen LogP contribution in [-0.4, -0.2) is 25.0 Å². The van der Waals surface area contributed by atoms with Gasteiger partial charge in [-0.05, 0) is 24.3 Å². The molecular weight excluding hydrogens is 208 g/mol. The van der Waals surface area contributed by atoms with Crippen LogP contribution in [0.3, 0.4) is 0 Å². The second-order valence-electron chi connectivity index (χ2n) is 3.84. The minimum Gasteiger partial charge on any atom is -0.352 e. The second-order valence-corrected chi connectivity index (χ2v) is 4.87. The molecule has 2 N–H and O–H groups in total. The second kappa shape index (κ2) is 5.28. The number of hydrogen-bond acceptors (Lipinski definition) is 3. The van der Waals surface area contributed by atoms with Crippen LogP contribution in [0.1, 0.15) is 17.7 Å². The maximum atomic E-state index is 10.9. The van der Waals surface area contributed by atoms with Gasteiger partial charge in [0.2, 0.25) is 5.91 Å². The molecule has 82 valence electrons. The lowest BCUT2D eigenvalue weighted by Crippen LogP contribution is -2.36. The topological polar surface area (TPSA) is 41.1 Å². The van der Waals surface area contributed by atoms with Gasteiger partial charge in [-0.1, -0.05) is 6.07 Å². The molecule has 0 saturated carbocycles. The van der Waals surface area contributed by atoms with E-state index < -0.39 is 0 Å². The Morgan fingerprint density at radius 1 is 1.60 bits per heavy atom. The third-order valence-corrected chi connectivity index (χ3v) is 3.54. The first-order valence-corrected chi connectivity index (χ1v) is 6.25. The Labute approximate surface area is 93.9 Å². The van der Waals surface area contributed by atoms with Gasteiger partial charge in [0.25, 0.3) is 0 Å². The van der Waals surface area contributed by atoms with Gasteiger partial charge in [-0.3, -0.25) is 4.79 Å². The van der Waals surface area contributed by atoms with Gasteiger partial charge >= 0.3 is 0 Å².